The lowest BCUT2D eigenvalue weighted by Crippen LogP contribution is -2.38. The summed E-state index contributed by atoms with van der Waals surface area (Å²) in [6, 6.07) is 14.5. The van der Waals surface area contributed by atoms with E-state index >= 15 is 0 Å². The molecule has 29 heavy (non-hydrogen) atoms. The third-order valence-electron chi connectivity index (χ3n) is 5.70. The molecule has 1 amide bonds. The average molecular weight is 395 g/mol. The van der Waals surface area contributed by atoms with Crippen molar-refractivity contribution in [1.29, 1.82) is 0 Å². The van der Waals surface area contributed by atoms with E-state index in [-0.39, 0.29) is 12.0 Å². The fourth-order valence-electron chi connectivity index (χ4n) is 3.72. The predicted octanol–water partition coefficient (Wildman–Crippen LogP) is 3.94. The number of rotatable bonds is 7. The molecule has 154 valence electrons. The predicted molar refractivity (Wildman–Crippen MR) is 114 cm³/mol. The molecule has 1 saturated heterocycles. The number of hydrogen-bond donors (Lipinski definition) is 1. The molecule has 2 aromatic carbocycles. The Labute approximate surface area is 173 Å². The van der Waals surface area contributed by atoms with E-state index < -0.39 is 0 Å². The normalized spacial score (nSPS) is 17.7. The maximum atomic E-state index is 12.6. The molecule has 2 fully saturated rings. The number of nitrogens with one attached hydrogen (secondary N) is 1. The molecule has 5 nitrogen and oxygen atoms in total. The fraction of sp³-hybridized carbons (Fsp3) is 0.458. The lowest BCUT2D eigenvalue weighted by atomic mass is 10.1. The first-order valence-electron chi connectivity index (χ1n) is 10.5. The van der Waals surface area contributed by atoms with Crippen molar-refractivity contribution in [2.75, 3.05) is 20.2 Å². The molecule has 0 aromatic heterocycles. The molecule has 2 aromatic rings. The molecule has 0 radical (unpaired) electrons. The first-order valence-corrected chi connectivity index (χ1v) is 10.5. The highest BCUT2D eigenvalue weighted by Crippen LogP contribution is 2.29. The monoisotopic (exact) mass is 394 g/mol. The topological polar surface area (TPSA) is 50.8 Å². The highest BCUT2D eigenvalue weighted by Gasteiger charge is 2.27. The molecule has 2 aliphatic rings. The zero-order valence-electron chi connectivity index (χ0n) is 17.3. The lowest BCUT2D eigenvalue weighted by Gasteiger charge is -2.32. The number of hydrogen-bond acceptors (Lipinski definition) is 4. The number of methoxy groups -OCH3 is 1. The van der Waals surface area contributed by atoms with Crippen LogP contribution in [0.3, 0.4) is 0 Å². The van der Waals surface area contributed by atoms with E-state index in [0.29, 0.717) is 23.1 Å². The molecule has 4 rings (SSSR count). The number of carbonyl (C=O) groups is 1. The highest BCUT2D eigenvalue weighted by molar-refractivity contribution is 5.97. The Morgan fingerprint density at radius 2 is 1.79 bits per heavy atom. The Morgan fingerprint density at radius 3 is 2.45 bits per heavy atom. The van der Waals surface area contributed by atoms with E-state index in [1.54, 1.807) is 13.2 Å². The summed E-state index contributed by atoms with van der Waals surface area (Å²) in [5, 5.41) is 3.06. The summed E-state index contributed by atoms with van der Waals surface area (Å²) in [7, 11) is 1.63. The van der Waals surface area contributed by atoms with Gasteiger partial charge in [0.25, 0.3) is 5.91 Å². The molecular formula is C24H30N2O3. The molecule has 0 unspecified atom stereocenters. The number of amides is 1. The zero-order valence-corrected chi connectivity index (χ0v) is 17.3. The summed E-state index contributed by atoms with van der Waals surface area (Å²) in [5.74, 6) is 1.28. The minimum absolute atomic E-state index is 0.0537. The van der Waals surface area contributed by atoms with Crippen molar-refractivity contribution in [3.8, 4) is 11.5 Å². The number of benzene rings is 2. The van der Waals surface area contributed by atoms with Crippen molar-refractivity contribution in [2.45, 2.75) is 51.3 Å². The van der Waals surface area contributed by atoms with Crippen molar-refractivity contribution >= 4 is 5.91 Å². The van der Waals surface area contributed by atoms with E-state index in [4.69, 9.17) is 9.47 Å². The molecule has 1 heterocycles. The summed E-state index contributed by atoms with van der Waals surface area (Å²) in [4.78, 5) is 15.1. The van der Waals surface area contributed by atoms with Crippen LogP contribution < -0.4 is 14.8 Å². The molecular weight excluding hydrogens is 364 g/mol. The van der Waals surface area contributed by atoms with E-state index in [0.717, 1.165) is 45.3 Å². The van der Waals surface area contributed by atoms with Crippen LogP contribution in [0.25, 0.3) is 0 Å². The van der Waals surface area contributed by atoms with Crippen LogP contribution in [0.4, 0.5) is 0 Å². The Hall–Kier alpha value is -2.53. The summed E-state index contributed by atoms with van der Waals surface area (Å²) >= 11 is 0. The van der Waals surface area contributed by atoms with Crippen LogP contribution in [-0.4, -0.2) is 43.2 Å². The van der Waals surface area contributed by atoms with Crippen LogP contribution in [0.15, 0.2) is 42.5 Å². The minimum atomic E-state index is -0.0537. The third kappa shape index (κ3) is 5.30. The van der Waals surface area contributed by atoms with Gasteiger partial charge in [-0.05, 0) is 50.3 Å². The molecule has 5 heteroatoms. The molecule has 1 N–H and O–H groups in total. The minimum Gasteiger partial charge on any atom is -0.497 e. The van der Waals surface area contributed by atoms with Crippen molar-refractivity contribution in [2.24, 2.45) is 0 Å². The molecule has 0 spiro atoms. The summed E-state index contributed by atoms with van der Waals surface area (Å²) in [6.07, 6.45) is 4.15. The van der Waals surface area contributed by atoms with Crippen molar-refractivity contribution < 1.29 is 14.3 Å². The van der Waals surface area contributed by atoms with Crippen molar-refractivity contribution in [3.63, 3.8) is 0 Å². The van der Waals surface area contributed by atoms with Crippen molar-refractivity contribution in [3.05, 3.63) is 59.2 Å². The maximum Gasteiger partial charge on any atom is 0.255 e. The molecule has 1 aliphatic carbocycles. The molecule has 1 saturated carbocycles. The first kappa shape index (κ1) is 19.8. The van der Waals surface area contributed by atoms with Gasteiger partial charge in [-0.25, -0.2) is 0 Å². The highest BCUT2D eigenvalue weighted by atomic mass is 16.5. The van der Waals surface area contributed by atoms with Crippen molar-refractivity contribution in [1.82, 2.24) is 10.2 Å². The summed E-state index contributed by atoms with van der Waals surface area (Å²) in [5.41, 5.74) is 3.24. The molecule has 0 bridgehead atoms. The van der Waals surface area contributed by atoms with E-state index in [1.807, 2.05) is 12.1 Å². The second-order valence-electron chi connectivity index (χ2n) is 8.19. The number of ether oxygens (including phenoxy) is 2. The fourth-order valence-corrected chi connectivity index (χ4v) is 3.72. The number of carbonyl (C=O) groups excluding carboxylic acids is 1. The van der Waals surface area contributed by atoms with Gasteiger partial charge >= 0.3 is 0 Å². The molecule has 0 atom stereocenters. The quantitative estimate of drug-likeness (QED) is 0.773. The summed E-state index contributed by atoms with van der Waals surface area (Å²) < 4.78 is 11.6. The van der Waals surface area contributed by atoms with Gasteiger partial charge < -0.3 is 14.8 Å². The number of likely N-dealkylation sites (tertiary alicyclic amines) is 1. The van der Waals surface area contributed by atoms with Crippen LogP contribution in [0, 0.1) is 6.92 Å². The largest absolute Gasteiger partial charge is 0.497 e. The van der Waals surface area contributed by atoms with Crippen LogP contribution in [0.1, 0.15) is 47.2 Å². The SMILES string of the molecule is COc1ccc(C(=O)NC2CC2)c(OC2CCN(Cc3ccc(C)cc3)CC2)c1. The van der Waals surface area contributed by atoms with Gasteiger partial charge in [0.1, 0.15) is 17.6 Å². The second kappa shape index (κ2) is 8.87. The number of aryl methyl sites for hydroxylation is 1. The van der Waals surface area contributed by atoms with Gasteiger partial charge in [0, 0.05) is 31.7 Å². The smallest absolute Gasteiger partial charge is 0.255 e. The summed E-state index contributed by atoms with van der Waals surface area (Å²) in [6.45, 7) is 5.07. The van der Waals surface area contributed by atoms with Gasteiger partial charge in [0.05, 0.1) is 12.7 Å². The average Bonchev–Trinajstić information content (AvgIpc) is 3.55. The second-order valence-corrected chi connectivity index (χ2v) is 8.19. The Kier molecular flexibility index (Phi) is 6.05. The van der Waals surface area contributed by atoms with E-state index in [1.165, 1.54) is 11.1 Å². The Bertz CT molecular complexity index is 838. The Morgan fingerprint density at radius 1 is 1.07 bits per heavy atom. The van der Waals surface area contributed by atoms with Crippen LogP contribution >= 0.6 is 0 Å². The lowest BCUT2D eigenvalue weighted by molar-refractivity contribution is 0.0889. The van der Waals surface area contributed by atoms with Gasteiger partial charge in [0.2, 0.25) is 0 Å². The molecule has 1 aliphatic heterocycles. The number of nitrogens with zero attached hydrogens (tertiary/aromatic N) is 1. The van der Waals surface area contributed by atoms with Gasteiger partial charge in [-0.3, -0.25) is 9.69 Å². The van der Waals surface area contributed by atoms with Gasteiger partial charge in [0.15, 0.2) is 0 Å². The third-order valence-corrected chi connectivity index (χ3v) is 5.70. The van der Waals surface area contributed by atoms with E-state index in [2.05, 4.69) is 41.4 Å². The van der Waals surface area contributed by atoms with Crippen LogP contribution in [0.5, 0.6) is 11.5 Å². The van der Waals surface area contributed by atoms with Gasteiger partial charge in [-0.1, -0.05) is 29.8 Å². The maximum absolute atomic E-state index is 12.6. The van der Waals surface area contributed by atoms with Crippen LogP contribution in [-0.2, 0) is 6.54 Å². The Balaban J connectivity index is 1.36. The van der Waals surface area contributed by atoms with E-state index in [9.17, 15) is 4.79 Å². The standard InChI is InChI=1S/C24H30N2O3/c1-17-3-5-18(6-4-17)16-26-13-11-20(12-14-26)29-23-15-21(28-2)9-10-22(23)24(27)25-19-7-8-19/h3-6,9-10,15,19-20H,7-8,11-14,16H2,1-2H3,(H,25,27). The van der Waals surface area contributed by atoms with Gasteiger partial charge in [-0.15, -0.1) is 0 Å². The number of piperidine rings is 1. The van der Waals surface area contributed by atoms with Gasteiger partial charge in [-0.2, -0.15) is 0 Å². The zero-order chi connectivity index (χ0) is 20.2. The van der Waals surface area contributed by atoms with Crippen LogP contribution in [0.2, 0.25) is 0 Å². The first-order chi connectivity index (χ1) is 14.1.